The lowest BCUT2D eigenvalue weighted by atomic mass is 10.2. The molecule has 4 N–H and O–H groups in total. The molecule has 6 heteroatoms. The molecule has 0 spiro atoms. The number of nitrogens with zero attached hydrogens (tertiary/aromatic N) is 3. The first-order valence-electron chi connectivity index (χ1n) is 4.75. The van der Waals surface area contributed by atoms with Gasteiger partial charge < -0.3 is 16.3 Å². The van der Waals surface area contributed by atoms with Crippen LogP contribution >= 0.6 is 0 Å². The Hall–Kier alpha value is -1.69. The summed E-state index contributed by atoms with van der Waals surface area (Å²) < 4.78 is 0. The minimum atomic E-state index is -0.142. The summed E-state index contributed by atoms with van der Waals surface area (Å²) in [4.78, 5) is 0. The molecule has 0 aliphatic rings. The Kier molecular flexibility index (Phi) is 4.49. The predicted octanol–water partition coefficient (Wildman–Crippen LogP) is 0.0912. The van der Waals surface area contributed by atoms with Gasteiger partial charge in [0.25, 0.3) is 0 Å². The lowest BCUT2D eigenvalue weighted by Crippen LogP contribution is -2.40. The first kappa shape index (κ1) is 11.4. The van der Waals surface area contributed by atoms with E-state index in [2.05, 4.69) is 20.7 Å². The fraction of sp³-hybridized carbons (Fsp3) is 0.444. The van der Waals surface area contributed by atoms with E-state index in [-0.39, 0.29) is 11.9 Å². The van der Waals surface area contributed by atoms with E-state index in [1.54, 1.807) is 6.20 Å². The van der Waals surface area contributed by atoms with Crippen molar-refractivity contribution in [2.45, 2.75) is 25.9 Å². The number of oxime groups is 1. The van der Waals surface area contributed by atoms with Crippen LogP contribution in [0.5, 0.6) is 0 Å². The van der Waals surface area contributed by atoms with Crippen LogP contribution in [-0.2, 0) is 6.54 Å². The molecule has 82 valence electrons. The first-order valence-corrected chi connectivity index (χ1v) is 4.75. The van der Waals surface area contributed by atoms with Crippen molar-refractivity contribution in [1.29, 1.82) is 0 Å². The number of aromatic nitrogens is 2. The van der Waals surface area contributed by atoms with E-state index in [1.807, 2.05) is 19.1 Å². The van der Waals surface area contributed by atoms with Crippen LogP contribution in [0, 0.1) is 0 Å². The van der Waals surface area contributed by atoms with Crippen LogP contribution in [0.2, 0.25) is 0 Å². The highest BCUT2D eigenvalue weighted by atomic mass is 16.4. The number of amidine groups is 1. The summed E-state index contributed by atoms with van der Waals surface area (Å²) in [5.41, 5.74) is 6.31. The maximum absolute atomic E-state index is 8.53. The summed E-state index contributed by atoms with van der Waals surface area (Å²) >= 11 is 0. The third-order valence-electron chi connectivity index (χ3n) is 2.04. The minimum Gasteiger partial charge on any atom is -0.409 e. The summed E-state index contributed by atoms with van der Waals surface area (Å²) in [6.45, 7) is 2.49. The maximum Gasteiger partial charge on any atom is 0.156 e. The van der Waals surface area contributed by atoms with Gasteiger partial charge in [0.2, 0.25) is 0 Å². The van der Waals surface area contributed by atoms with Crippen molar-refractivity contribution in [3.63, 3.8) is 0 Å². The molecule has 15 heavy (non-hydrogen) atoms. The van der Waals surface area contributed by atoms with Crippen LogP contribution in [-0.4, -0.2) is 27.3 Å². The monoisotopic (exact) mass is 209 g/mol. The number of rotatable bonds is 5. The quantitative estimate of drug-likeness (QED) is 0.276. The van der Waals surface area contributed by atoms with E-state index >= 15 is 0 Å². The van der Waals surface area contributed by atoms with Gasteiger partial charge in [-0.1, -0.05) is 12.1 Å². The van der Waals surface area contributed by atoms with Crippen molar-refractivity contribution >= 4 is 5.84 Å². The van der Waals surface area contributed by atoms with E-state index < -0.39 is 0 Å². The summed E-state index contributed by atoms with van der Waals surface area (Å²) in [6, 6.07) is 3.53. The molecule has 1 unspecified atom stereocenters. The molecular formula is C9H15N5O. The standard InChI is InChI=1S/C9H15N5O/c1-2-8(9(10)14-15)11-6-7-4-3-5-12-13-7/h3-5,8,11,15H,2,6H2,1H3,(H2,10,14). The molecule has 0 fully saturated rings. The predicted molar refractivity (Wildman–Crippen MR) is 56.4 cm³/mol. The SMILES string of the molecule is CCC(NCc1cccnn1)/C(N)=N/O. The molecule has 1 heterocycles. The van der Waals surface area contributed by atoms with Crippen molar-refractivity contribution < 1.29 is 5.21 Å². The fourth-order valence-corrected chi connectivity index (χ4v) is 1.18. The highest BCUT2D eigenvalue weighted by molar-refractivity contribution is 5.85. The van der Waals surface area contributed by atoms with Crippen molar-refractivity contribution in [2.24, 2.45) is 10.9 Å². The van der Waals surface area contributed by atoms with Crippen LogP contribution in [0.3, 0.4) is 0 Å². The molecule has 1 aromatic rings. The summed E-state index contributed by atoms with van der Waals surface area (Å²) in [7, 11) is 0. The van der Waals surface area contributed by atoms with Crippen LogP contribution in [0.4, 0.5) is 0 Å². The molecule has 1 rings (SSSR count). The van der Waals surface area contributed by atoms with Gasteiger partial charge >= 0.3 is 0 Å². The molecule has 0 radical (unpaired) electrons. The van der Waals surface area contributed by atoms with Crippen molar-refractivity contribution in [3.8, 4) is 0 Å². The van der Waals surface area contributed by atoms with Gasteiger partial charge in [-0.25, -0.2) is 0 Å². The molecule has 0 bridgehead atoms. The molecule has 1 aromatic heterocycles. The molecule has 0 saturated heterocycles. The van der Waals surface area contributed by atoms with E-state index in [9.17, 15) is 0 Å². The van der Waals surface area contributed by atoms with E-state index in [1.165, 1.54) is 0 Å². The summed E-state index contributed by atoms with van der Waals surface area (Å²) in [6.07, 6.45) is 2.36. The number of hydrogen-bond acceptors (Lipinski definition) is 5. The Balaban J connectivity index is 2.48. The molecular weight excluding hydrogens is 194 g/mol. The summed E-state index contributed by atoms with van der Waals surface area (Å²) in [5, 5.41) is 22.3. The van der Waals surface area contributed by atoms with Crippen LogP contribution in [0.25, 0.3) is 0 Å². The second-order valence-electron chi connectivity index (χ2n) is 3.08. The van der Waals surface area contributed by atoms with Gasteiger partial charge in [0, 0.05) is 12.7 Å². The van der Waals surface area contributed by atoms with Crippen molar-refractivity contribution in [3.05, 3.63) is 24.0 Å². The first-order chi connectivity index (χ1) is 7.27. The average molecular weight is 209 g/mol. The van der Waals surface area contributed by atoms with Gasteiger partial charge in [-0.2, -0.15) is 10.2 Å². The smallest absolute Gasteiger partial charge is 0.156 e. The van der Waals surface area contributed by atoms with Crippen molar-refractivity contribution in [1.82, 2.24) is 15.5 Å². The van der Waals surface area contributed by atoms with Gasteiger partial charge in [0.15, 0.2) is 5.84 Å². The van der Waals surface area contributed by atoms with Crippen LogP contribution in [0.1, 0.15) is 19.0 Å². The Morgan fingerprint density at radius 1 is 1.73 bits per heavy atom. The fourth-order valence-electron chi connectivity index (χ4n) is 1.18. The molecule has 0 aromatic carbocycles. The lowest BCUT2D eigenvalue weighted by Gasteiger charge is -2.14. The normalized spacial score (nSPS) is 13.8. The second-order valence-corrected chi connectivity index (χ2v) is 3.08. The zero-order valence-corrected chi connectivity index (χ0v) is 8.59. The third kappa shape index (κ3) is 3.51. The third-order valence-corrected chi connectivity index (χ3v) is 2.04. The Morgan fingerprint density at radius 2 is 2.53 bits per heavy atom. The van der Waals surface area contributed by atoms with Gasteiger partial charge in [-0.3, -0.25) is 0 Å². The molecule has 6 nitrogen and oxygen atoms in total. The van der Waals surface area contributed by atoms with Crippen LogP contribution < -0.4 is 11.1 Å². The zero-order valence-electron chi connectivity index (χ0n) is 8.59. The highest BCUT2D eigenvalue weighted by Gasteiger charge is 2.10. The van der Waals surface area contributed by atoms with E-state index in [4.69, 9.17) is 10.9 Å². The zero-order chi connectivity index (χ0) is 11.1. The Bertz CT molecular complexity index is 314. The Morgan fingerprint density at radius 3 is 3.07 bits per heavy atom. The molecule has 0 amide bonds. The largest absolute Gasteiger partial charge is 0.409 e. The van der Waals surface area contributed by atoms with Gasteiger partial charge in [0.1, 0.15) is 0 Å². The minimum absolute atomic E-state index is 0.142. The van der Waals surface area contributed by atoms with Gasteiger partial charge in [0.05, 0.1) is 11.7 Å². The van der Waals surface area contributed by atoms with Crippen molar-refractivity contribution in [2.75, 3.05) is 0 Å². The number of nitrogens with one attached hydrogen (secondary N) is 1. The van der Waals surface area contributed by atoms with Gasteiger partial charge in [-0.15, -0.1) is 0 Å². The highest BCUT2D eigenvalue weighted by Crippen LogP contribution is 1.95. The lowest BCUT2D eigenvalue weighted by molar-refractivity contribution is 0.314. The van der Waals surface area contributed by atoms with E-state index in [0.717, 1.165) is 12.1 Å². The van der Waals surface area contributed by atoms with E-state index in [0.29, 0.717) is 6.54 Å². The van der Waals surface area contributed by atoms with Crippen LogP contribution in [0.15, 0.2) is 23.5 Å². The molecule has 0 aliphatic carbocycles. The topological polar surface area (TPSA) is 96.4 Å². The second kappa shape index (κ2) is 5.92. The Labute approximate surface area is 88.2 Å². The molecule has 0 aliphatic heterocycles. The number of nitrogens with two attached hydrogens (primary N) is 1. The molecule has 0 saturated carbocycles. The number of hydrogen-bond donors (Lipinski definition) is 3. The molecule has 1 atom stereocenters. The average Bonchev–Trinajstić information content (AvgIpc) is 2.31. The van der Waals surface area contributed by atoms with Gasteiger partial charge in [-0.05, 0) is 18.6 Å². The maximum atomic E-state index is 8.53. The summed E-state index contributed by atoms with van der Waals surface area (Å²) in [5.74, 6) is 0.182.